The predicted octanol–water partition coefficient (Wildman–Crippen LogP) is 3.00. The highest BCUT2D eigenvalue weighted by atomic mass is 16.2. The van der Waals surface area contributed by atoms with Crippen LogP contribution in [0.3, 0.4) is 0 Å². The molecular weight excluding hydrogens is 380 g/mol. The van der Waals surface area contributed by atoms with Crippen LogP contribution in [0, 0.1) is 6.92 Å². The number of carbonyl (C=O) groups excluding carboxylic acids is 2. The van der Waals surface area contributed by atoms with E-state index in [1.54, 1.807) is 31.3 Å². The molecule has 1 aromatic heterocycles. The summed E-state index contributed by atoms with van der Waals surface area (Å²) >= 11 is 0. The van der Waals surface area contributed by atoms with Gasteiger partial charge in [0.1, 0.15) is 5.69 Å². The third-order valence-corrected chi connectivity index (χ3v) is 6.05. The maximum absolute atomic E-state index is 12.5. The topological polar surface area (TPSA) is 90.5 Å². The van der Waals surface area contributed by atoms with Crippen LogP contribution in [0.25, 0.3) is 0 Å². The van der Waals surface area contributed by atoms with Crippen molar-refractivity contribution in [3.63, 3.8) is 0 Å². The van der Waals surface area contributed by atoms with Crippen LogP contribution in [-0.4, -0.2) is 48.5 Å². The number of benzene rings is 1. The molecule has 2 heterocycles. The van der Waals surface area contributed by atoms with E-state index in [1.165, 1.54) is 12.8 Å². The van der Waals surface area contributed by atoms with Crippen molar-refractivity contribution in [1.82, 2.24) is 15.3 Å². The molecular formula is C22H28N6O2. The average Bonchev–Trinajstić information content (AvgIpc) is 3.25. The molecule has 158 valence electrons. The van der Waals surface area contributed by atoms with Crippen LogP contribution in [-0.2, 0) is 4.79 Å². The van der Waals surface area contributed by atoms with Gasteiger partial charge >= 0.3 is 0 Å². The molecule has 8 nitrogen and oxygen atoms in total. The van der Waals surface area contributed by atoms with Gasteiger partial charge in [-0.15, -0.1) is 0 Å². The number of rotatable bonds is 4. The van der Waals surface area contributed by atoms with Crippen LogP contribution in [0.15, 0.2) is 24.4 Å². The summed E-state index contributed by atoms with van der Waals surface area (Å²) in [5.41, 5.74) is 3.13. The summed E-state index contributed by atoms with van der Waals surface area (Å²) in [4.78, 5) is 37.6. The number of nitrogens with one attached hydrogen (secondary N) is 2. The molecule has 0 unspecified atom stereocenters. The summed E-state index contributed by atoms with van der Waals surface area (Å²) in [7, 11) is 3.41. The Morgan fingerprint density at radius 3 is 2.70 bits per heavy atom. The second kappa shape index (κ2) is 8.30. The lowest BCUT2D eigenvalue weighted by Gasteiger charge is -2.30. The van der Waals surface area contributed by atoms with Gasteiger partial charge in [-0.1, -0.05) is 12.8 Å². The van der Waals surface area contributed by atoms with Crippen molar-refractivity contribution < 1.29 is 9.59 Å². The number of amides is 2. The molecule has 2 aliphatic rings. The fourth-order valence-electron chi connectivity index (χ4n) is 4.28. The molecule has 0 spiro atoms. The highest BCUT2D eigenvalue weighted by molar-refractivity contribution is 5.97. The second-order valence-corrected chi connectivity index (χ2v) is 7.97. The first-order valence-electron chi connectivity index (χ1n) is 10.5. The SMILES string of the molecule is CNC(=O)c1ccc(Nc2ncc3c(n2)N(C2CCCC2)CCC(=O)N3C)c(C)c1. The van der Waals surface area contributed by atoms with Crippen molar-refractivity contribution >= 4 is 35.0 Å². The van der Waals surface area contributed by atoms with E-state index in [0.29, 0.717) is 30.5 Å². The van der Waals surface area contributed by atoms with E-state index in [9.17, 15) is 9.59 Å². The van der Waals surface area contributed by atoms with Gasteiger partial charge in [0.05, 0.1) is 6.20 Å². The maximum atomic E-state index is 12.5. The molecule has 2 N–H and O–H groups in total. The number of aromatic nitrogens is 2. The normalized spacial score (nSPS) is 17.0. The summed E-state index contributed by atoms with van der Waals surface area (Å²) in [5, 5.41) is 5.92. The number of carbonyl (C=O) groups is 2. The van der Waals surface area contributed by atoms with E-state index in [2.05, 4.69) is 20.5 Å². The summed E-state index contributed by atoms with van der Waals surface area (Å²) < 4.78 is 0. The third-order valence-electron chi connectivity index (χ3n) is 6.05. The molecule has 0 bridgehead atoms. The van der Waals surface area contributed by atoms with E-state index in [0.717, 1.165) is 35.6 Å². The monoisotopic (exact) mass is 408 g/mol. The van der Waals surface area contributed by atoms with Gasteiger partial charge in [-0.05, 0) is 43.5 Å². The van der Waals surface area contributed by atoms with E-state index in [4.69, 9.17) is 4.98 Å². The van der Waals surface area contributed by atoms with Crippen molar-refractivity contribution in [2.75, 3.05) is 35.8 Å². The fraction of sp³-hybridized carbons (Fsp3) is 0.455. The van der Waals surface area contributed by atoms with Gasteiger partial charge in [-0.2, -0.15) is 4.98 Å². The number of aryl methyl sites for hydroxylation is 1. The molecule has 30 heavy (non-hydrogen) atoms. The van der Waals surface area contributed by atoms with E-state index in [1.807, 2.05) is 19.1 Å². The Hall–Kier alpha value is -3.16. The Labute approximate surface area is 176 Å². The third kappa shape index (κ3) is 3.81. The molecule has 1 aliphatic carbocycles. The number of hydrogen-bond acceptors (Lipinski definition) is 6. The summed E-state index contributed by atoms with van der Waals surface area (Å²) in [6.07, 6.45) is 6.89. The van der Waals surface area contributed by atoms with Crippen LogP contribution >= 0.6 is 0 Å². The fourth-order valence-corrected chi connectivity index (χ4v) is 4.28. The van der Waals surface area contributed by atoms with E-state index < -0.39 is 0 Å². The van der Waals surface area contributed by atoms with Crippen LogP contribution < -0.4 is 20.4 Å². The lowest BCUT2D eigenvalue weighted by Crippen LogP contribution is -2.34. The van der Waals surface area contributed by atoms with Crippen molar-refractivity contribution in [2.24, 2.45) is 0 Å². The van der Waals surface area contributed by atoms with Crippen LogP contribution in [0.4, 0.5) is 23.1 Å². The van der Waals surface area contributed by atoms with Crippen LogP contribution in [0.2, 0.25) is 0 Å². The van der Waals surface area contributed by atoms with Crippen molar-refractivity contribution in [2.45, 2.75) is 45.1 Å². The average molecular weight is 409 g/mol. The smallest absolute Gasteiger partial charge is 0.251 e. The molecule has 2 amide bonds. The van der Waals surface area contributed by atoms with Crippen LogP contribution in [0.1, 0.15) is 48.0 Å². The maximum Gasteiger partial charge on any atom is 0.251 e. The van der Waals surface area contributed by atoms with E-state index >= 15 is 0 Å². The standard InChI is InChI=1S/C22H28N6O2/c1-14-12-15(21(30)23-2)8-9-17(14)25-22-24-13-18-20(26-22)28(16-6-4-5-7-16)11-10-19(29)27(18)3/h8-9,12-13,16H,4-7,10-11H2,1-3H3,(H,23,30)(H,24,25,26). The Morgan fingerprint density at radius 1 is 1.23 bits per heavy atom. The Kier molecular flexibility index (Phi) is 5.57. The molecule has 1 fully saturated rings. The van der Waals surface area contributed by atoms with Gasteiger partial charge in [0, 0.05) is 44.4 Å². The minimum atomic E-state index is -0.120. The zero-order chi connectivity index (χ0) is 21.3. The molecule has 1 aliphatic heterocycles. The number of anilines is 4. The minimum Gasteiger partial charge on any atom is -0.355 e. The highest BCUT2D eigenvalue weighted by Crippen LogP contribution is 2.36. The first-order chi connectivity index (χ1) is 14.5. The molecule has 1 aromatic carbocycles. The summed E-state index contributed by atoms with van der Waals surface area (Å²) in [6, 6.07) is 5.88. The zero-order valence-electron chi connectivity index (χ0n) is 17.7. The molecule has 1 saturated carbocycles. The Morgan fingerprint density at radius 2 is 2.00 bits per heavy atom. The van der Waals surface area contributed by atoms with Crippen molar-refractivity contribution in [3.05, 3.63) is 35.5 Å². The van der Waals surface area contributed by atoms with Gasteiger partial charge in [0.2, 0.25) is 11.9 Å². The van der Waals surface area contributed by atoms with Gasteiger partial charge in [0.25, 0.3) is 5.91 Å². The van der Waals surface area contributed by atoms with Crippen molar-refractivity contribution in [3.8, 4) is 0 Å². The molecule has 0 radical (unpaired) electrons. The van der Waals surface area contributed by atoms with Gasteiger partial charge < -0.3 is 20.4 Å². The lowest BCUT2D eigenvalue weighted by molar-refractivity contribution is -0.118. The number of hydrogen-bond donors (Lipinski definition) is 2. The van der Waals surface area contributed by atoms with Gasteiger partial charge in [-0.25, -0.2) is 4.98 Å². The molecule has 8 heteroatoms. The molecule has 2 aromatic rings. The molecule has 0 atom stereocenters. The van der Waals surface area contributed by atoms with Gasteiger partial charge in [-0.3, -0.25) is 9.59 Å². The van der Waals surface area contributed by atoms with E-state index in [-0.39, 0.29) is 11.8 Å². The van der Waals surface area contributed by atoms with Crippen molar-refractivity contribution in [1.29, 1.82) is 0 Å². The number of fused-ring (bicyclic) bond motifs is 1. The van der Waals surface area contributed by atoms with Gasteiger partial charge in [0.15, 0.2) is 5.82 Å². The Bertz CT molecular complexity index is 970. The minimum absolute atomic E-state index is 0.0849. The zero-order valence-corrected chi connectivity index (χ0v) is 17.7. The quantitative estimate of drug-likeness (QED) is 0.808. The Balaban J connectivity index is 1.66. The first-order valence-corrected chi connectivity index (χ1v) is 10.5. The summed E-state index contributed by atoms with van der Waals surface area (Å²) in [5.74, 6) is 1.26. The molecule has 4 rings (SSSR count). The highest BCUT2D eigenvalue weighted by Gasteiger charge is 2.31. The predicted molar refractivity (Wildman–Crippen MR) is 118 cm³/mol. The van der Waals surface area contributed by atoms with Crippen LogP contribution in [0.5, 0.6) is 0 Å². The second-order valence-electron chi connectivity index (χ2n) is 7.97. The largest absolute Gasteiger partial charge is 0.355 e. The molecule has 0 saturated heterocycles. The number of nitrogens with zero attached hydrogens (tertiary/aromatic N) is 4. The lowest BCUT2D eigenvalue weighted by atomic mass is 10.1. The first kappa shape index (κ1) is 20.1. The summed E-state index contributed by atoms with van der Waals surface area (Å²) in [6.45, 7) is 2.62.